The average Bonchev–Trinajstić information content (AvgIpc) is 3.27. The molecule has 0 fully saturated rings. The highest BCUT2D eigenvalue weighted by molar-refractivity contribution is 5.16. The van der Waals surface area contributed by atoms with Crippen LogP contribution < -0.4 is 0 Å². The van der Waals surface area contributed by atoms with E-state index >= 15 is 0 Å². The van der Waals surface area contributed by atoms with E-state index < -0.39 is 0 Å². The molecular formula is C17H16N8. The van der Waals surface area contributed by atoms with Gasteiger partial charge in [0.2, 0.25) is 0 Å². The predicted octanol–water partition coefficient (Wildman–Crippen LogP) is 1.35. The molecule has 0 radical (unpaired) electrons. The maximum atomic E-state index is 4.13. The van der Waals surface area contributed by atoms with E-state index in [4.69, 9.17) is 0 Å². The first-order chi connectivity index (χ1) is 12.4. The summed E-state index contributed by atoms with van der Waals surface area (Å²) < 4.78 is 3.55. The van der Waals surface area contributed by atoms with Gasteiger partial charge in [-0.05, 0) is 32.0 Å². The van der Waals surface area contributed by atoms with Gasteiger partial charge in [0.1, 0.15) is 0 Å². The Labute approximate surface area is 144 Å². The normalized spacial score (nSPS) is 10.9. The molecule has 0 saturated carbocycles. The Morgan fingerprint density at radius 3 is 1.48 bits per heavy atom. The van der Waals surface area contributed by atoms with Gasteiger partial charge in [-0.1, -0.05) is 60.7 Å². The second-order valence-electron chi connectivity index (χ2n) is 5.65. The van der Waals surface area contributed by atoms with E-state index in [0.717, 1.165) is 22.8 Å². The molecule has 4 rings (SSSR count). The molecule has 8 heteroatoms. The second kappa shape index (κ2) is 7.00. The van der Waals surface area contributed by atoms with Crippen LogP contribution in [0.25, 0.3) is 0 Å². The minimum atomic E-state index is 0.472. The minimum Gasteiger partial charge on any atom is -0.225 e. The third-order valence-corrected chi connectivity index (χ3v) is 3.88. The number of aromatic nitrogens is 8. The number of tetrazole rings is 2. The molecule has 2 heterocycles. The Morgan fingerprint density at radius 1 is 0.600 bits per heavy atom. The molecule has 0 bridgehead atoms. The Hall–Kier alpha value is -3.42. The molecule has 0 aliphatic rings. The van der Waals surface area contributed by atoms with Crippen LogP contribution in [0.2, 0.25) is 0 Å². The first-order valence-electron chi connectivity index (χ1n) is 7.96. The summed E-state index contributed by atoms with van der Waals surface area (Å²) in [5.74, 6) is 1.46. The molecule has 0 saturated heterocycles. The van der Waals surface area contributed by atoms with Crippen molar-refractivity contribution >= 4 is 0 Å². The molecule has 124 valence electrons. The summed E-state index contributed by atoms with van der Waals surface area (Å²) in [5.41, 5.74) is 2.28. The van der Waals surface area contributed by atoms with Crippen LogP contribution in [0, 0.1) is 0 Å². The van der Waals surface area contributed by atoms with Crippen molar-refractivity contribution < 1.29 is 0 Å². The molecule has 0 unspecified atom stereocenters. The van der Waals surface area contributed by atoms with E-state index in [2.05, 4.69) is 31.1 Å². The van der Waals surface area contributed by atoms with Crippen molar-refractivity contribution in [3.05, 3.63) is 83.4 Å². The largest absolute Gasteiger partial charge is 0.225 e. The van der Waals surface area contributed by atoms with Crippen molar-refractivity contribution in [2.75, 3.05) is 0 Å². The third kappa shape index (κ3) is 3.57. The highest BCUT2D eigenvalue weighted by Crippen LogP contribution is 2.08. The van der Waals surface area contributed by atoms with Crippen LogP contribution in [0.3, 0.4) is 0 Å². The molecule has 25 heavy (non-hydrogen) atoms. The fourth-order valence-corrected chi connectivity index (χ4v) is 2.60. The van der Waals surface area contributed by atoms with E-state index in [1.165, 1.54) is 0 Å². The first kappa shape index (κ1) is 15.1. The van der Waals surface area contributed by atoms with Crippen LogP contribution in [0.1, 0.15) is 22.8 Å². The van der Waals surface area contributed by atoms with Gasteiger partial charge in [-0.3, -0.25) is 0 Å². The van der Waals surface area contributed by atoms with Crippen molar-refractivity contribution in [1.82, 2.24) is 40.4 Å². The minimum absolute atomic E-state index is 0.472. The van der Waals surface area contributed by atoms with Crippen LogP contribution >= 0.6 is 0 Å². The Balaban J connectivity index is 1.52. The van der Waals surface area contributed by atoms with Crippen molar-refractivity contribution in [3.8, 4) is 0 Å². The summed E-state index contributed by atoms with van der Waals surface area (Å²) in [5, 5.41) is 24.0. The van der Waals surface area contributed by atoms with E-state index in [9.17, 15) is 0 Å². The highest BCUT2D eigenvalue weighted by Gasteiger charge is 2.13. The fourth-order valence-electron chi connectivity index (χ4n) is 2.60. The molecule has 0 aliphatic carbocycles. The topological polar surface area (TPSA) is 87.2 Å². The monoisotopic (exact) mass is 332 g/mol. The van der Waals surface area contributed by atoms with Gasteiger partial charge in [-0.25, -0.2) is 9.36 Å². The molecule has 0 N–H and O–H groups in total. The predicted molar refractivity (Wildman–Crippen MR) is 89.5 cm³/mol. The lowest BCUT2D eigenvalue weighted by Gasteiger charge is -2.06. The van der Waals surface area contributed by atoms with Crippen LogP contribution in [0.4, 0.5) is 0 Å². The summed E-state index contributed by atoms with van der Waals surface area (Å²) in [6.45, 7) is 1.23. The third-order valence-electron chi connectivity index (χ3n) is 3.88. The van der Waals surface area contributed by atoms with E-state index in [-0.39, 0.29) is 0 Å². The maximum absolute atomic E-state index is 4.13. The molecule has 0 aliphatic heterocycles. The van der Waals surface area contributed by atoms with Crippen LogP contribution in [0.5, 0.6) is 0 Å². The SMILES string of the molecule is c1ccc(Cn2nnnc2Cc2nnnn2Cc2ccccc2)cc1. The van der Waals surface area contributed by atoms with Crippen molar-refractivity contribution in [3.63, 3.8) is 0 Å². The summed E-state index contributed by atoms with van der Waals surface area (Å²) in [4.78, 5) is 0. The number of hydrogen-bond acceptors (Lipinski definition) is 6. The van der Waals surface area contributed by atoms with Crippen molar-refractivity contribution in [2.45, 2.75) is 19.5 Å². The lowest BCUT2D eigenvalue weighted by molar-refractivity contribution is 0.597. The second-order valence-corrected chi connectivity index (χ2v) is 5.65. The zero-order chi connectivity index (χ0) is 16.9. The van der Waals surface area contributed by atoms with Gasteiger partial charge in [0.25, 0.3) is 0 Å². The van der Waals surface area contributed by atoms with Gasteiger partial charge < -0.3 is 0 Å². The van der Waals surface area contributed by atoms with Crippen LogP contribution in [-0.2, 0) is 19.5 Å². The molecule has 8 nitrogen and oxygen atoms in total. The molecule has 2 aromatic heterocycles. The average molecular weight is 332 g/mol. The standard InChI is InChI=1S/C17H16N8/c1-3-7-14(8-4-1)12-24-16(18-20-22-24)11-17-19-21-23-25(17)13-15-9-5-2-6-10-15/h1-10H,11-13H2. The van der Waals surface area contributed by atoms with Crippen LogP contribution in [-0.4, -0.2) is 40.4 Å². The summed E-state index contributed by atoms with van der Waals surface area (Å²) in [6.07, 6.45) is 0.472. The Morgan fingerprint density at radius 2 is 1.04 bits per heavy atom. The number of benzene rings is 2. The number of nitrogens with zero attached hydrogens (tertiary/aromatic N) is 8. The number of rotatable bonds is 6. The summed E-state index contributed by atoms with van der Waals surface area (Å²) >= 11 is 0. The van der Waals surface area contributed by atoms with Gasteiger partial charge in [0.15, 0.2) is 11.6 Å². The van der Waals surface area contributed by atoms with Crippen LogP contribution in [0.15, 0.2) is 60.7 Å². The highest BCUT2D eigenvalue weighted by atomic mass is 15.6. The van der Waals surface area contributed by atoms with E-state index in [1.54, 1.807) is 9.36 Å². The number of hydrogen-bond donors (Lipinski definition) is 0. The summed E-state index contributed by atoms with van der Waals surface area (Å²) in [6, 6.07) is 20.2. The smallest absolute Gasteiger partial charge is 0.159 e. The lowest BCUT2D eigenvalue weighted by Crippen LogP contribution is -2.12. The molecule has 0 amide bonds. The Bertz CT molecular complexity index is 852. The quantitative estimate of drug-likeness (QED) is 0.530. The van der Waals surface area contributed by atoms with Gasteiger partial charge in [-0.15, -0.1) is 10.2 Å². The fraction of sp³-hybridized carbons (Fsp3) is 0.176. The maximum Gasteiger partial charge on any atom is 0.159 e. The molecule has 2 aromatic carbocycles. The van der Waals surface area contributed by atoms with E-state index in [0.29, 0.717) is 19.5 Å². The zero-order valence-electron chi connectivity index (χ0n) is 13.5. The zero-order valence-corrected chi connectivity index (χ0v) is 13.5. The van der Waals surface area contributed by atoms with Crippen molar-refractivity contribution in [1.29, 1.82) is 0 Å². The van der Waals surface area contributed by atoms with Gasteiger partial charge >= 0.3 is 0 Å². The molecule has 4 aromatic rings. The first-order valence-corrected chi connectivity index (χ1v) is 7.96. The van der Waals surface area contributed by atoms with Gasteiger partial charge in [0, 0.05) is 0 Å². The Kier molecular flexibility index (Phi) is 4.23. The summed E-state index contributed by atoms with van der Waals surface area (Å²) in [7, 11) is 0. The molecule has 0 spiro atoms. The van der Waals surface area contributed by atoms with E-state index in [1.807, 2.05) is 60.7 Å². The molecule has 0 atom stereocenters. The van der Waals surface area contributed by atoms with Gasteiger partial charge in [-0.2, -0.15) is 0 Å². The molecular weight excluding hydrogens is 316 g/mol. The van der Waals surface area contributed by atoms with Crippen molar-refractivity contribution in [2.24, 2.45) is 0 Å². The lowest BCUT2D eigenvalue weighted by atomic mass is 10.2. The van der Waals surface area contributed by atoms with Gasteiger partial charge in [0.05, 0.1) is 19.5 Å².